The summed E-state index contributed by atoms with van der Waals surface area (Å²) in [5.41, 5.74) is 7.30. The van der Waals surface area contributed by atoms with Gasteiger partial charge in [-0.15, -0.1) is 0 Å². The number of carbonyl (C=O) groups is 1. The van der Waals surface area contributed by atoms with Crippen LogP contribution in [0.15, 0.2) is 43.0 Å². The van der Waals surface area contributed by atoms with Gasteiger partial charge in [-0.05, 0) is 17.2 Å². The van der Waals surface area contributed by atoms with Crippen LogP contribution in [0.4, 0.5) is 0 Å². The highest BCUT2D eigenvalue weighted by Gasteiger charge is 2.08. The molecule has 3 N–H and O–H groups in total. The average Bonchev–Trinajstić information content (AvgIpc) is 2.26. The molecule has 0 amide bonds. The van der Waals surface area contributed by atoms with Crippen molar-refractivity contribution in [1.29, 1.82) is 0 Å². The first-order valence-electron chi connectivity index (χ1n) is 4.54. The second-order valence-electron chi connectivity index (χ2n) is 3.02. The van der Waals surface area contributed by atoms with Crippen LogP contribution in [0, 0.1) is 0 Å². The molecule has 0 radical (unpaired) electrons. The first-order chi connectivity index (χ1) is 7.19. The monoisotopic (exact) mass is 203 g/mol. The van der Waals surface area contributed by atoms with Gasteiger partial charge in [0.1, 0.15) is 0 Å². The molecule has 15 heavy (non-hydrogen) atoms. The standard InChI is InChI=1S/C12H13NO2/c1-2-3-11(12(14)15)10-6-4-9(8-13)5-7-10/h2-7H,1,8,13H2,(H,14,15). The summed E-state index contributed by atoms with van der Waals surface area (Å²) in [6.45, 7) is 3.93. The first kappa shape index (κ1) is 11.2. The zero-order valence-electron chi connectivity index (χ0n) is 8.31. The van der Waals surface area contributed by atoms with Gasteiger partial charge in [-0.25, -0.2) is 4.79 Å². The molecule has 0 saturated heterocycles. The number of carboxylic acids is 1. The Labute approximate surface area is 88.5 Å². The summed E-state index contributed by atoms with van der Waals surface area (Å²) in [6.07, 6.45) is 2.93. The molecular weight excluding hydrogens is 190 g/mol. The molecule has 0 aliphatic rings. The van der Waals surface area contributed by atoms with Gasteiger partial charge in [-0.1, -0.05) is 36.9 Å². The van der Waals surface area contributed by atoms with Gasteiger partial charge < -0.3 is 10.8 Å². The summed E-state index contributed by atoms with van der Waals surface area (Å²) in [5, 5.41) is 8.94. The Morgan fingerprint density at radius 1 is 1.40 bits per heavy atom. The maximum atomic E-state index is 10.9. The molecule has 1 aromatic carbocycles. The van der Waals surface area contributed by atoms with Crippen molar-refractivity contribution in [3.05, 3.63) is 54.1 Å². The highest BCUT2D eigenvalue weighted by molar-refractivity contribution is 6.15. The van der Waals surface area contributed by atoms with E-state index in [0.717, 1.165) is 5.56 Å². The summed E-state index contributed by atoms with van der Waals surface area (Å²) in [4.78, 5) is 10.9. The van der Waals surface area contributed by atoms with E-state index in [2.05, 4.69) is 6.58 Å². The van der Waals surface area contributed by atoms with Crippen LogP contribution in [0.2, 0.25) is 0 Å². The fourth-order valence-corrected chi connectivity index (χ4v) is 1.23. The van der Waals surface area contributed by atoms with E-state index >= 15 is 0 Å². The minimum atomic E-state index is -0.963. The van der Waals surface area contributed by atoms with Crippen molar-refractivity contribution in [2.24, 2.45) is 5.73 Å². The Balaban J connectivity index is 3.07. The summed E-state index contributed by atoms with van der Waals surface area (Å²) in [5.74, 6) is -0.963. The van der Waals surface area contributed by atoms with E-state index in [1.54, 1.807) is 12.1 Å². The predicted molar refractivity (Wildman–Crippen MR) is 60.1 cm³/mol. The number of carboxylic acid groups (broad SMARTS) is 1. The molecule has 0 bridgehead atoms. The molecule has 0 atom stereocenters. The third-order valence-electron chi connectivity index (χ3n) is 2.02. The Morgan fingerprint density at radius 2 is 2.00 bits per heavy atom. The molecule has 3 nitrogen and oxygen atoms in total. The number of hydrogen-bond donors (Lipinski definition) is 2. The molecule has 0 aliphatic heterocycles. The molecule has 78 valence electrons. The third-order valence-corrected chi connectivity index (χ3v) is 2.02. The van der Waals surface area contributed by atoms with Crippen molar-refractivity contribution < 1.29 is 9.90 Å². The van der Waals surface area contributed by atoms with Crippen LogP contribution < -0.4 is 5.73 Å². The second-order valence-corrected chi connectivity index (χ2v) is 3.02. The number of benzene rings is 1. The van der Waals surface area contributed by atoms with Gasteiger partial charge >= 0.3 is 5.97 Å². The van der Waals surface area contributed by atoms with Gasteiger partial charge in [0.2, 0.25) is 0 Å². The van der Waals surface area contributed by atoms with Crippen molar-refractivity contribution in [2.75, 3.05) is 0 Å². The van der Waals surface area contributed by atoms with Gasteiger partial charge in [-0.2, -0.15) is 0 Å². The Morgan fingerprint density at radius 3 is 2.40 bits per heavy atom. The Hall–Kier alpha value is -1.87. The summed E-state index contributed by atoms with van der Waals surface area (Å²) < 4.78 is 0. The molecule has 0 aliphatic carbocycles. The molecule has 1 aromatic rings. The fraction of sp³-hybridized carbons (Fsp3) is 0.0833. The predicted octanol–water partition coefficient (Wildman–Crippen LogP) is 1.80. The number of hydrogen-bond acceptors (Lipinski definition) is 2. The lowest BCUT2D eigenvalue weighted by Gasteiger charge is -2.03. The number of rotatable bonds is 4. The summed E-state index contributed by atoms with van der Waals surface area (Å²) >= 11 is 0. The molecule has 0 aromatic heterocycles. The second kappa shape index (κ2) is 5.12. The number of nitrogens with two attached hydrogens (primary N) is 1. The van der Waals surface area contributed by atoms with Crippen LogP contribution in [0.3, 0.4) is 0 Å². The molecule has 0 spiro atoms. The lowest BCUT2D eigenvalue weighted by molar-refractivity contribution is -0.130. The number of aliphatic carboxylic acids is 1. The van der Waals surface area contributed by atoms with Gasteiger partial charge in [0.15, 0.2) is 0 Å². The van der Waals surface area contributed by atoms with Gasteiger partial charge in [0, 0.05) is 6.54 Å². The lowest BCUT2D eigenvalue weighted by Crippen LogP contribution is -2.00. The van der Waals surface area contributed by atoms with Crippen molar-refractivity contribution in [3.8, 4) is 0 Å². The van der Waals surface area contributed by atoms with Gasteiger partial charge in [-0.3, -0.25) is 0 Å². The quantitative estimate of drug-likeness (QED) is 0.579. The van der Waals surface area contributed by atoms with E-state index in [1.165, 1.54) is 12.2 Å². The van der Waals surface area contributed by atoms with Crippen molar-refractivity contribution >= 4 is 11.5 Å². The van der Waals surface area contributed by atoms with E-state index in [9.17, 15) is 4.79 Å². The SMILES string of the molecule is C=CC=C(C(=O)O)c1ccc(CN)cc1. The Bertz CT molecular complexity index is 391. The minimum Gasteiger partial charge on any atom is -0.478 e. The van der Waals surface area contributed by atoms with Crippen LogP contribution in [0.5, 0.6) is 0 Å². The van der Waals surface area contributed by atoms with Crippen LogP contribution in [0.25, 0.3) is 5.57 Å². The molecule has 0 unspecified atom stereocenters. The van der Waals surface area contributed by atoms with E-state index < -0.39 is 5.97 Å². The molecular formula is C12H13NO2. The maximum Gasteiger partial charge on any atom is 0.336 e. The van der Waals surface area contributed by atoms with Crippen LogP contribution >= 0.6 is 0 Å². The Kier molecular flexibility index (Phi) is 3.83. The van der Waals surface area contributed by atoms with Crippen molar-refractivity contribution in [2.45, 2.75) is 6.54 Å². The largest absolute Gasteiger partial charge is 0.478 e. The zero-order valence-corrected chi connectivity index (χ0v) is 8.31. The van der Waals surface area contributed by atoms with Gasteiger partial charge in [0.05, 0.1) is 5.57 Å². The average molecular weight is 203 g/mol. The van der Waals surface area contributed by atoms with E-state index in [-0.39, 0.29) is 5.57 Å². The van der Waals surface area contributed by atoms with E-state index in [0.29, 0.717) is 12.1 Å². The topological polar surface area (TPSA) is 63.3 Å². The number of allylic oxidation sites excluding steroid dienone is 2. The third kappa shape index (κ3) is 2.79. The smallest absolute Gasteiger partial charge is 0.336 e. The van der Waals surface area contributed by atoms with Crippen molar-refractivity contribution in [3.63, 3.8) is 0 Å². The zero-order chi connectivity index (χ0) is 11.3. The highest BCUT2D eigenvalue weighted by atomic mass is 16.4. The van der Waals surface area contributed by atoms with E-state index in [4.69, 9.17) is 10.8 Å². The maximum absolute atomic E-state index is 10.9. The van der Waals surface area contributed by atoms with Crippen LogP contribution in [0.1, 0.15) is 11.1 Å². The normalized spacial score (nSPS) is 11.1. The summed E-state index contributed by atoms with van der Waals surface area (Å²) in [7, 11) is 0. The molecule has 0 heterocycles. The molecule has 0 saturated carbocycles. The fourth-order valence-electron chi connectivity index (χ4n) is 1.23. The highest BCUT2D eigenvalue weighted by Crippen LogP contribution is 2.15. The minimum absolute atomic E-state index is 0.230. The van der Waals surface area contributed by atoms with E-state index in [1.807, 2.05) is 12.1 Å². The van der Waals surface area contributed by atoms with Crippen LogP contribution in [-0.4, -0.2) is 11.1 Å². The van der Waals surface area contributed by atoms with Gasteiger partial charge in [0.25, 0.3) is 0 Å². The van der Waals surface area contributed by atoms with Crippen molar-refractivity contribution in [1.82, 2.24) is 0 Å². The summed E-state index contributed by atoms with van der Waals surface area (Å²) in [6, 6.07) is 7.11. The molecule has 3 heteroatoms. The molecule has 0 fully saturated rings. The molecule has 1 rings (SSSR count). The lowest BCUT2D eigenvalue weighted by atomic mass is 10.0. The van der Waals surface area contributed by atoms with Crippen LogP contribution in [-0.2, 0) is 11.3 Å². The first-order valence-corrected chi connectivity index (χ1v) is 4.54.